The predicted molar refractivity (Wildman–Crippen MR) is 72.1 cm³/mol. The number of hydrogen-bond donors (Lipinski definition) is 1. The van der Waals surface area contributed by atoms with Gasteiger partial charge in [0.1, 0.15) is 4.90 Å². The topological polar surface area (TPSA) is 130 Å². The highest BCUT2D eigenvalue weighted by Gasteiger charge is 2.30. The first-order valence-corrected chi connectivity index (χ1v) is 7.14. The number of nitro benzene ring substituents is 1. The molecule has 0 aromatic heterocycles. The Balaban J connectivity index is 3.33. The minimum absolute atomic E-state index is 0.158. The first-order valence-electron chi connectivity index (χ1n) is 5.70. The average molecular weight is 316 g/mol. The number of nitrogen functional groups attached to an aromatic ring is 1. The fourth-order valence-corrected chi connectivity index (χ4v) is 3.05. The maximum absolute atomic E-state index is 13.9. The molecule has 0 aliphatic heterocycles. The van der Waals surface area contributed by atoms with E-state index in [1.165, 1.54) is 14.0 Å². The number of anilines is 1. The van der Waals surface area contributed by atoms with E-state index in [0.29, 0.717) is 6.07 Å². The van der Waals surface area contributed by atoms with Crippen LogP contribution in [0.5, 0.6) is 0 Å². The van der Waals surface area contributed by atoms with E-state index in [1.807, 2.05) is 6.07 Å². The fourth-order valence-electron chi connectivity index (χ4n) is 1.66. The van der Waals surface area contributed by atoms with Crippen molar-refractivity contribution in [3.8, 4) is 6.07 Å². The molecule has 1 atom stereocenters. The number of non-ortho nitro benzene ring substituents is 1. The lowest BCUT2D eigenvalue weighted by molar-refractivity contribution is -0.385. The summed E-state index contributed by atoms with van der Waals surface area (Å²) in [6.07, 6.45) is 0. The molecule has 0 heterocycles. The van der Waals surface area contributed by atoms with E-state index in [0.717, 1.165) is 10.4 Å². The van der Waals surface area contributed by atoms with E-state index >= 15 is 0 Å². The van der Waals surface area contributed by atoms with E-state index < -0.39 is 43.0 Å². The summed E-state index contributed by atoms with van der Waals surface area (Å²) in [5.41, 5.74) is 4.23. The Hall–Kier alpha value is -2.25. The molecule has 0 saturated heterocycles. The Kier molecular flexibility index (Phi) is 4.82. The van der Waals surface area contributed by atoms with Crippen LogP contribution in [0.3, 0.4) is 0 Å². The van der Waals surface area contributed by atoms with Gasteiger partial charge in [0.05, 0.1) is 28.7 Å². The third-order valence-electron chi connectivity index (χ3n) is 2.69. The zero-order valence-electron chi connectivity index (χ0n) is 11.3. The molecule has 0 aliphatic carbocycles. The van der Waals surface area contributed by atoms with Crippen molar-refractivity contribution in [2.45, 2.75) is 11.8 Å². The van der Waals surface area contributed by atoms with E-state index in [4.69, 9.17) is 11.0 Å². The van der Waals surface area contributed by atoms with Crippen LogP contribution in [0, 0.1) is 33.2 Å². The lowest BCUT2D eigenvalue weighted by atomic mass is 10.2. The lowest BCUT2D eigenvalue weighted by Gasteiger charge is -2.19. The number of nitrogens with zero attached hydrogens (tertiary/aromatic N) is 3. The quantitative estimate of drug-likeness (QED) is 0.491. The molecule has 1 aromatic carbocycles. The van der Waals surface area contributed by atoms with Gasteiger partial charge in [0, 0.05) is 19.7 Å². The third-order valence-corrected chi connectivity index (χ3v) is 4.60. The van der Waals surface area contributed by atoms with E-state index in [-0.39, 0.29) is 6.54 Å². The largest absolute Gasteiger partial charge is 0.397 e. The molecule has 21 heavy (non-hydrogen) atoms. The van der Waals surface area contributed by atoms with Crippen molar-refractivity contribution < 1.29 is 17.7 Å². The van der Waals surface area contributed by atoms with Gasteiger partial charge in [-0.05, 0) is 6.92 Å². The van der Waals surface area contributed by atoms with Crippen molar-refractivity contribution in [2.75, 3.05) is 19.3 Å². The molecular weight excluding hydrogens is 303 g/mol. The minimum Gasteiger partial charge on any atom is -0.397 e. The maximum atomic E-state index is 13.9. The first-order chi connectivity index (χ1) is 9.61. The highest BCUT2D eigenvalue weighted by Crippen LogP contribution is 2.29. The average Bonchev–Trinajstić information content (AvgIpc) is 2.36. The van der Waals surface area contributed by atoms with Crippen LogP contribution in [0.2, 0.25) is 0 Å². The Morgan fingerprint density at radius 1 is 1.57 bits per heavy atom. The maximum Gasteiger partial charge on any atom is 0.274 e. The molecule has 8 nitrogen and oxygen atoms in total. The van der Waals surface area contributed by atoms with Gasteiger partial charge >= 0.3 is 0 Å². The number of halogens is 1. The molecule has 0 saturated carbocycles. The van der Waals surface area contributed by atoms with Crippen LogP contribution in [-0.2, 0) is 10.0 Å². The predicted octanol–water partition coefficient (Wildman–Crippen LogP) is 1.10. The summed E-state index contributed by atoms with van der Waals surface area (Å²) in [5.74, 6) is -1.91. The summed E-state index contributed by atoms with van der Waals surface area (Å²) < 4.78 is 39.1. The second-order valence-corrected chi connectivity index (χ2v) is 6.40. The molecule has 1 aromatic rings. The van der Waals surface area contributed by atoms with Crippen molar-refractivity contribution in [3.05, 3.63) is 28.1 Å². The van der Waals surface area contributed by atoms with Crippen LogP contribution in [0.4, 0.5) is 15.8 Å². The van der Waals surface area contributed by atoms with Crippen LogP contribution < -0.4 is 5.73 Å². The normalized spacial score (nSPS) is 12.9. The summed E-state index contributed by atoms with van der Waals surface area (Å²) >= 11 is 0. The molecule has 0 radical (unpaired) electrons. The molecule has 114 valence electrons. The molecule has 0 fully saturated rings. The molecule has 0 spiro atoms. The summed E-state index contributed by atoms with van der Waals surface area (Å²) in [6.45, 7) is 1.34. The van der Waals surface area contributed by atoms with E-state index in [9.17, 15) is 22.9 Å². The van der Waals surface area contributed by atoms with Crippen LogP contribution >= 0.6 is 0 Å². The second kappa shape index (κ2) is 6.02. The number of nitriles is 1. The van der Waals surface area contributed by atoms with E-state index in [2.05, 4.69) is 0 Å². The van der Waals surface area contributed by atoms with Gasteiger partial charge in [0.2, 0.25) is 10.0 Å². The summed E-state index contributed by atoms with van der Waals surface area (Å²) in [5, 5.41) is 19.3. The number of hydrogen-bond acceptors (Lipinski definition) is 6. The molecule has 1 rings (SSSR count). The minimum atomic E-state index is -4.29. The van der Waals surface area contributed by atoms with Crippen molar-refractivity contribution >= 4 is 21.4 Å². The number of rotatable bonds is 5. The van der Waals surface area contributed by atoms with Crippen molar-refractivity contribution in [1.82, 2.24) is 4.31 Å². The number of sulfonamides is 1. The molecule has 0 bridgehead atoms. The lowest BCUT2D eigenvalue weighted by Crippen LogP contribution is -2.32. The fraction of sp³-hybridized carbons (Fsp3) is 0.364. The molecular formula is C11H13FN4O4S. The van der Waals surface area contributed by atoms with E-state index in [1.54, 1.807) is 0 Å². The molecule has 1 unspecified atom stereocenters. The van der Waals surface area contributed by atoms with Gasteiger partial charge in [-0.15, -0.1) is 0 Å². The standard InChI is InChI=1S/C11H13FN4O4S/c1-7(5-13)6-15(2)21(19,20)11-9(12)3-8(16(17)18)4-10(11)14/h3-4,7H,6,14H2,1-2H3. The van der Waals surface area contributed by atoms with Crippen LogP contribution in [0.15, 0.2) is 17.0 Å². The zero-order valence-corrected chi connectivity index (χ0v) is 12.1. The van der Waals surface area contributed by atoms with Gasteiger partial charge in [-0.2, -0.15) is 9.57 Å². The summed E-state index contributed by atoms with van der Waals surface area (Å²) in [7, 11) is -3.12. The van der Waals surface area contributed by atoms with Crippen LogP contribution in [0.25, 0.3) is 0 Å². The third kappa shape index (κ3) is 3.45. The van der Waals surface area contributed by atoms with Gasteiger partial charge in [-0.3, -0.25) is 10.1 Å². The van der Waals surface area contributed by atoms with Crippen molar-refractivity contribution in [2.24, 2.45) is 5.92 Å². The first kappa shape index (κ1) is 16.8. The number of nitro groups is 1. The number of nitrogens with two attached hydrogens (primary N) is 1. The zero-order chi connectivity index (χ0) is 16.4. The van der Waals surface area contributed by atoms with Crippen LogP contribution in [-0.4, -0.2) is 31.2 Å². The SMILES string of the molecule is CC(C#N)CN(C)S(=O)(=O)c1c(N)cc([N+](=O)[O-])cc1F. The highest BCUT2D eigenvalue weighted by molar-refractivity contribution is 7.89. The summed E-state index contributed by atoms with van der Waals surface area (Å²) in [4.78, 5) is 8.86. The van der Waals surface area contributed by atoms with Crippen molar-refractivity contribution in [1.29, 1.82) is 5.26 Å². The Morgan fingerprint density at radius 3 is 2.57 bits per heavy atom. The molecule has 2 N–H and O–H groups in total. The van der Waals surface area contributed by atoms with Crippen LogP contribution in [0.1, 0.15) is 6.92 Å². The Labute approximate surface area is 120 Å². The number of benzene rings is 1. The Morgan fingerprint density at radius 2 is 2.14 bits per heavy atom. The smallest absolute Gasteiger partial charge is 0.274 e. The monoisotopic (exact) mass is 316 g/mol. The Bertz CT molecular complexity index is 690. The molecule has 0 amide bonds. The summed E-state index contributed by atoms with van der Waals surface area (Å²) in [6, 6.07) is 3.12. The van der Waals surface area contributed by atoms with Gasteiger partial charge in [0.15, 0.2) is 5.82 Å². The van der Waals surface area contributed by atoms with Gasteiger partial charge in [-0.1, -0.05) is 0 Å². The molecule has 0 aliphatic rings. The molecule has 10 heteroatoms. The van der Waals surface area contributed by atoms with Gasteiger partial charge < -0.3 is 5.73 Å². The highest BCUT2D eigenvalue weighted by atomic mass is 32.2. The van der Waals surface area contributed by atoms with Crippen molar-refractivity contribution in [3.63, 3.8) is 0 Å². The van der Waals surface area contributed by atoms with Gasteiger partial charge in [0.25, 0.3) is 5.69 Å². The second-order valence-electron chi connectivity index (χ2n) is 4.42. The van der Waals surface area contributed by atoms with Gasteiger partial charge in [-0.25, -0.2) is 12.8 Å².